The summed E-state index contributed by atoms with van der Waals surface area (Å²) in [6.45, 7) is 7.13. The molecule has 0 aliphatic carbocycles. The van der Waals surface area contributed by atoms with E-state index in [0.29, 0.717) is 13.0 Å². The first-order chi connectivity index (χ1) is 7.53. The zero-order valence-corrected chi connectivity index (χ0v) is 10.8. The fraction of sp³-hybridized carbons (Fsp3) is 0.917. The summed E-state index contributed by atoms with van der Waals surface area (Å²) in [6, 6.07) is 2.23. The Morgan fingerprint density at radius 3 is 2.50 bits per heavy atom. The lowest BCUT2D eigenvalue weighted by atomic mass is 9.77. The Kier molecular flexibility index (Phi) is 7.31. The Balaban J connectivity index is 4.50. The Labute approximate surface area is 98.6 Å². The lowest BCUT2D eigenvalue weighted by Crippen LogP contribution is -2.44. The van der Waals surface area contributed by atoms with Gasteiger partial charge in [-0.2, -0.15) is 5.26 Å². The predicted octanol–water partition coefficient (Wildman–Crippen LogP) is 1.51. The molecule has 16 heavy (non-hydrogen) atoms. The highest BCUT2D eigenvalue weighted by molar-refractivity contribution is 4.90. The molecule has 0 rings (SSSR count). The highest BCUT2D eigenvalue weighted by Gasteiger charge is 2.33. The molecule has 94 valence electrons. The summed E-state index contributed by atoms with van der Waals surface area (Å²) in [5.41, 5.74) is -0.283. The molecule has 3 unspecified atom stereocenters. The van der Waals surface area contributed by atoms with Gasteiger partial charge in [0.25, 0.3) is 0 Å². The van der Waals surface area contributed by atoms with E-state index in [4.69, 9.17) is 10.00 Å². The Hall–Kier alpha value is -0.630. The van der Waals surface area contributed by atoms with E-state index in [0.717, 1.165) is 13.0 Å². The molecule has 0 amide bonds. The molecule has 0 bridgehead atoms. The molecule has 4 heteroatoms. The first kappa shape index (κ1) is 15.4. The second-order valence-electron chi connectivity index (χ2n) is 4.45. The fourth-order valence-electron chi connectivity index (χ4n) is 1.79. The number of nitriles is 1. The van der Waals surface area contributed by atoms with E-state index in [2.05, 4.69) is 11.4 Å². The second kappa shape index (κ2) is 7.61. The zero-order chi connectivity index (χ0) is 12.6. The number of rotatable bonds is 8. The third-order valence-electron chi connectivity index (χ3n) is 3.13. The number of hydrogen-bond acceptors (Lipinski definition) is 4. The number of methoxy groups -OCH3 is 1. The smallest absolute Gasteiger partial charge is 0.110 e. The maximum atomic E-state index is 10.0. The van der Waals surface area contributed by atoms with Gasteiger partial charge in [-0.3, -0.25) is 5.32 Å². The largest absolute Gasteiger partial charge is 0.383 e. The van der Waals surface area contributed by atoms with Crippen molar-refractivity contribution < 1.29 is 9.84 Å². The van der Waals surface area contributed by atoms with Crippen molar-refractivity contribution in [2.45, 2.75) is 39.8 Å². The van der Waals surface area contributed by atoms with Crippen molar-refractivity contribution in [3.63, 3.8) is 0 Å². The minimum atomic E-state index is -0.574. The van der Waals surface area contributed by atoms with E-state index in [1.807, 2.05) is 20.8 Å². The number of aliphatic hydroxyl groups excluding tert-OH is 1. The average Bonchev–Trinajstić information content (AvgIpc) is 2.28. The molecule has 0 aromatic heterocycles. The first-order valence-corrected chi connectivity index (χ1v) is 5.84. The van der Waals surface area contributed by atoms with Crippen molar-refractivity contribution >= 4 is 0 Å². The van der Waals surface area contributed by atoms with Crippen LogP contribution < -0.4 is 5.32 Å². The molecular formula is C12H24N2O2. The van der Waals surface area contributed by atoms with Crippen LogP contribution >= 0.6 is 0 Å². The molecule has 0 spiro atoms. The minimum absolute atomic E-state index is 0.164. The topological polar surface area (TPSA) is 65.3 Å². The molecule has 0 saturated carbocycles. The van der Waals surface area contributed by atoms with E-state index >= 15 is 0 Å². The lowest BCUT2D eigenvalue weighted by molar-refractivity contribution is -0.00934. The van der Waals surface area contributed by atoms with Gasteiger partial charge in [0.1, 0.15) is 6.23 Å². The van der Waals surface area contributed by atoms with Gasteiger partial charge >= 0.3 is 0 Å². The average molecular weight is 228 g/mol. The van der Waals surface area contributed by atoms with Crippen molar-refractivity contribution in [2.75, 3.05) is 20.3 Å². The number of nitrogens with zero attached hydrogens (tertiary/aromatic N) is 1. The highest BCUT2D eigenvalue weighted by atomic mass is 16.5. The summed E-state index contributed by atoms with van der Waals surface area (Å²) in [6.07, 6.45) is 0.889. The van der Waals surface area contributed by atoms with Gasteiger partial charge in [-0.1, -0.05) is 20.8 Å². The second-order valence-corrected chi connectivity index (χ2v) is 4.45. The third-order valence-corrected chi connectivity index (χ3v) is 3.13. The van der Waals surface area contributed by atoms with E-state index in [-0.39, 0.29) is 11.3 Å². The summed E-state index contributed by atoms with van der Waals surface area (Å²) in [7, 11) is 1.59. The molecule has 0 saturated heterocycles. The molecule has 0 aliphatic heterocycles. The number of nitrogens with one attached hydrogen (secondary N) is 1. The summed E-state index contributed by atoms with van der Waals surface area (Å²) in [4.78, 5) is 0. The van der Waals surface area contributed by atoms with Gasteiger partial charge in [-0.05, 0) is 19.4 Å². The van der Waals surface area contributed by atoms with Crippen LogP contribution in [0.4, 0.5) is 0 Å². The lowest BCUT2D eigenvalue weighted by Gasteiger charge is -2.35. The van der Waals surface area contributed by atoms with E-state index in [9.17, 15) is 5.11 Å². The van der Waals surface area contributed by atoms with E-state index in [1.54, 1.807) is 7.11 Å². The van der Waals surface area contributed by atoms with Crippen LogP contribution in [0, 0.1) is 22.7 Å². The summed E-state index contributed by atoms with van der Waals surface area (Å²) in [5.74, 6) is -0.164. The van der Waals surface area contributed by atoms with Crippen molar-refractivity contribution in [1.29, 1.82) is 5.26 Å². The summed E-state index contributed by atoms with van der Waals surface area (Å²) < 4.78 is 5.00. The molecular weight excluding hydrogens is 204 g/mol. The first-order valence-electron chi connectivity index (χ1n) is 5.84. The van der Waals surface area contributed by atoms with Crippen LogP contribution in [-0.2, 0) is 4.74 Å². The number of aliphatic hydroxyl groups is 1. The van der Waals surface area contributed by atoms with Crippen LogP contribution in [0.3, 0.4) is 0 Å². The molecule has 2 N–H and O–H groups in total. The predicted molar refractivity (Wildman–Crippen MR) is 63.7 cm³/mol. The quantitative estimate of drug-likeness (QED) is 0.618. The Morgan fingerprint density at radius 2 is 2.12 bits per heavy atom. The van der Waals surface area contributed by atoms with Crippen molar-refractivity contribution in [1.82, 2.24) is 5.32 Å². The van der Waals surface area contributed by atoms with Crippen molar-refractivity contribution in [3.8, 4) is 6.07 Å². The van der Waals surface area contributed by atoms with Gasteiger partial charge in [0.15, 0.2) is 0 Å². The number of hydrogen-bond donors (Lipinski definition) is 2. The monoisotopic (exact) mass is 228 g/mol. The van der Waals surface area contributed by atoms with Gasteiger partial charge in [0.2, 0.25) is 0 Å². The molecule has 0 aromatic carbocycles. The molecule has 3 atom stereocenters. The van der Waals surface area contributed by atoms with E-state index in [1.165, 1.54) is 0 Å². The fourth-order valence-corrected chi connectivity index (χ4v) is 1.79. The van der Waals surface area contributed by atoms with Gasteiger partial charge < -0.3 is 9.84 Å². The van der Waals surface area contributed by atoms with Crippen LogP contribution in [0.15, 0.2) is 0 Å². The SMILES string of the molecule is CCNC(O)C(C)(CC)CC(C#N)COC. The number of ether oxygens (including phenoxy) is 1. The minimum Gasteiger partial charge on any atom is -0.383 e. The zero-order valence-electron chi connectivity index (χ0n) is 10.8. The van der Waals surface area contributed by atoms with Crippen LogP contribution in [-0.4, -0.2) is 31.6 Å². The third kappa shape index (κ3) is 4.48. The van der Waals surface area contributed by atoms with Crippen LogP contribution in [0.25, 0.3) is 0 Å². The van der Waals surface area contributed by atoms with Crippen LogP contribution in [0.2, 0.25) is 0 Å². The van der Waals surface area contributed by atoms with Crippen LogP contribution in [0.1, 0.15) is 33.6 Å². The van der Waals surface area contributed by atoms with E-state index < -0.39 is 6.23 Å². The van der Waals surface area contributed by atoms with Gasteiger partial charge in [0, 0.05) is 12.5 Å². The molecule has 0 heterocycles. The highest BCUT2D eigenvalue weighted by Crippen LogP contribution is 2.32. The molecule has 4 nitrogen and oxygen atoms in total. The maximum Gasteiger partial charge on any atom is 0.110 e. The molecule has 0 radical (unpaired) electrons. The van der Waals surface area contributed by atoms with Crippen molar-refractivity contribution in [2.24, 2.45) is 11.3 Å². The summed E-state index contributed by atoms with van der Waals surface area (Å²) >= 11 is 0. The van der Waals surface area contributed by atoms with Crippen LogP contribution in [0.5, 0.6) is 0 Å². The summed E-state index contributed by atoms with van der Waals surface area (Å²) in [5, 5.41) is 22.0. The van der Waals surface area contributed by atoms with Gasteiger partial charge in [-0.25, -0.2) is 0 Å². The normalized spacial score (nSPS) is 18.5. The molecule has 0 aliphatic rings. The van der Waals surface area contributed by atoms with Gasteiger partial charge in [0.05, 0.1) is 18.6 Å². The van der Waals surface area contributed by atoms with Gasteiger partial charge in [-0.15, -0.1) is 0 Å². The standard InChI is InChI=1S/C12H24N2O2/c1-5-12(3,11(15)14-6-2)7-10(8-13)9-16-4/h10-11,14-15H,5-7,9H2,1-4H3. The Morgan fingerprint density at radius 1 is 1.50 bits per heavy atom. The van der Waals surface area contributed by atoms with Crippen molar-refractivity contribution in [3.05, 3.63) is 0 Å². The Bertz CT molecular complexity index is 228. The molecule has 0 aromatic rings. The molecule has 0 fully saturated rings. The maximum absolute atomic E-state index is 10.0.